The average Bonchev–Trinajstić information content (AvgIpc) is 3.11. The van der Waals surface area contributed by atoms with Crippen molar-refractivity contribution in [1.82, 2.24) is 10.2 Å². The molecule has 0 unspecified atom stereocenters. The molecular weight excluding hydrogens is 366 g/mol. The molecule has 0 saturated heterocycles. The number of benzene rings is 2. The molecule has 0 aliphatic carbocycles. The molecule has 3 rings (SSSR count). The molecule has 0 spiro atoms. The summed E-state index contributed by atoms with van der Waals surface area (Å²) in [7, 11) is -3.95. The van der Waals surface area contributed by atoms with E-state index in [1.807, 2.05) is 0 Å². The van der Waals surface area contributed by atoms with Gasteiger partial charge in [0.05, 0.1) is 21.8 Å². The van der Waals surface area contributed by atoms with E-state index >= 15 is 0 Å². The Balaban J connectivity index is 1.91. The van der Waals surface area contributed by atoms with Crippen molar-refractivity contribution in [3.05, 3.63) is 65.3 Å². The van der Waals surface area contributed by atoms with Gasteiger partial charge in [0.2, 0.25) is 0 Å². The van der Waals surface area contributed by atoms with Crippen LogP contribution >= 0.6 is 11.6 Å². The first-order valence-electron chi connectivity index (χ1n) is 7.02. The quantitative estimate of drug-likeness (QED) is 0.632. The van der Waals surface area contributed by atoms with Crippen LogP contribution in [-0.4, -0.2) is 29.7 Å². The van der Waals surface area contributed by atoms with E-state index in [1.54, 1.807) is 24.4 Å². The minimum atomic E-state index is -3.95. The molecule has 0 bridgehead atoms. The van der Waals surface area contributed by atoms with E-state index in [9.17, 15) is 18.3 Å². The largest absolute Gasteiger partial charge is 0.478 e. The van der Waals surface area contributed by atoms with Gasteiger partial charge in [0.15, 0.2) is 0 Å². The lowest BCUT2D eigenvalue weighted by Crippen LogP contribution is -2.15. The van der Waals surface area contributed by atoms with E-state index in [-0.39, 0.29) is 21.2 Å². The van der Waals surface area contributed by atoms with Crippen LogP contribution in [0.2, 0.25) is 5.02 Å². The number of hydrogen-bond donors (Lipinski definition) is 3. The highest BCUT2D eigenvalue weighted by Gasteiger charge is 2.19. The van der Waals surface area contributed by atoms with Gasteiger partial charge in [-0.1, -0.05) is 23.7 Å². The molecule has 3 N–H and O–H groups in total. The Hall–Kier alpha value is -2.84. The van der Waals surface area contributed by atoms with Gasteiger partial charge >= 0.3 is 5.97 Å². The highest BCUT2D eigenvalue weighted by molar-refractivity contribution is 7.92. The van der Waals surface area contributed by atoms with E-state index in [0.29, 0.717) is 0 Å². The molecule has 1 heterocycles. The zero-order valence-electron chi connectivity index (χ0n) is 12.6. The Morgan fingerprint density at radius 2 is 1.84 bits per heavy atom. The van der Waals surface area contributed by atoms with Crippen LogP contribution in [0.4, 0.5) is 5.69 Å². The second-order valence-corrected chi connectivity index (χ2v) is 7.21. The molecule has 3 aromatic rings. The van der Waals surface area contributed by atoms with Crippen molar-refractivity contribution in [2.75, 3.05) is 4.72 Å². The summed E-state index contributed by atoms with van der Waals surface area (Å²) in [6.07, 6.45) is 1.59. The van der Waals surface area contributed by atoms with Gasteiger partial charge in [0.25, 0.3) is 10.0 Å². The van der Waals surface area contributed by atoms with E-state index < -0.39 is 16.0 Å². The smallest absolute Gasteiger partial charge is 0.337 e. The Bertz CT molecular complexity index is 1020. The first-order valence-corrected chi connectivity index (χ1v) is 8.88. The van der Waals surface area contributed by atoms with Crippen LogP contribution in [0.3, 0.4) is 0 Å². The van der Waals surface area contributed by atoms with Gasteiger partial charge in [-0.25, -0.2) is 13.2 Å². The van der Waals surface area contributed by atoms with Gasteiger partial charge in [0.1, 0.15) is 0 Å². The van der Waals surface area contributed by atoms with Gasteiger partial charge < -0.3 is 5.11 Å². The van der Waals surface area contributed by atoms with Crippen molar-refractivity contribution in [3.63, 3.8) is 0 Å². The summed E-state index contributed by atoms with van der Waals surface area (Å²) in [5.74, 6) is -1.28. The first-order chi connectivity index (χ1) is 11.9. The number of anilines is 1. The maximum Gasteiger partial charge on any atom is 0.337 e. The van der Waals surface area contributed by atoms with E-state index in [1.165, 1.54) is 30.3 Å². The summed E-state index contributed by atoms with van der Waals surface area (Å²) >= 11 is 5.77. The lowest BCUT2D eigenvalue weighted by Gasteiger charge is -2.11. The Labute approximate surface area is 148 Å². The second-order valence-electron chi connectivity index (χ2n) is 5.10. The molecule has 0 fully saturated rings. The van der Waals surface area contributed by atoms with Crippen molar-refractivity contribution in [2.45, 2.75) is 4.90 Å². The zero-order valence-corrected chi connectivity index (χ0v) is 14.2. The molecule has 2 aromatic carbocycles. The van der Waals surface area contributed by atoms with Crippen molar-refractivity contribution >= 4 is 33.3 Å². The topological polar surface area (TPSA) is 112 Å². The van der Waals surface area contributed by atoms with Crippen molar-refractivity contribution < 1.29 is 18.3 Å². The molecule has 0 atom stereocenters. The standard InChI is InChI=1S/C16H12ClN3O4S/c17-11-3-6-15(13(9-11)16(21)22)20-25(23,24)12-4-1-10(2-5-12)14-7-8-18-19-14/h1-9,20H,(H,18,19)(H,21,22). The number of halogens is 1. The third-order valence-corrected chi connectivity index (χ3v) is 5.05. The Kier molecular flexibility index (Phi) is 4.47. The molecular formula is C16H12ClN3O4S. The number of carbonyl (C=O) groups is 1. The molecule has 25 heavy (non-hydrogen) atoms. The Morgan fingerprint density at radius 1 is 1.12 bits per heavy atom. The second kappa shape index (κ2) is 6.58. The normalized spacial score (nSPS) is 11.2. The number of hydrogen-bond acceptors (Lipinski definition) is 4. The number of aromatic nitrogens is 2. The Morgan fingerprint density at radius 3 is 2.44 bits per heavy atom. The van der Waals surface area contributed by atoms with Gasteiger partial charge in [-0.2, -0.15) is 5.10 Å². The van der Waals surface area contributed by atoms with Gasteiger partial charge in [-0.3, -0.25) is 9.82 Å². The fraction of sp³-hybridized carbons (Fsp3) is 0. The molecule has 0 aliphatic rings. The maximum atomic E-state index is 12.5. The number of H-pyrrole nitrogens is 1. The van der Waals surface area contributed by atoms with Gasteiger partial charge in [0, 0.05) is 11.2 Å². The summed E-state index contributed by atoms with van der Waals surface area (Å²) in [5.41, 5.74) is 1.23. The summed E-state index contributed by atoms with van der Waals surface area (Å²) < 4.78 is 27.3. The van der Waals surface area contributed by atoms with Crippen molar-refractivity contribution in [1.29, 1.82) is 0 Å². The highest BCUT2D eigenvalue weighted by Crippen LogP contribution is 2.25. The van der Waals surface area contributed by atoms with Crippen LogP contribution in [0.15, 0.2) is 59.6 Å². The third kappa shape index (κ3) is 3.65. The molecule has 0 saturated carbocycles. The number of carboxylic acids is 1. The van der Waals surface area contributed by atoms with Crippen molar-refractivity contribution in [3.8, 4) is 11.3 Å². The van der Waals surface area contributed by atoms with Crippen LogP contribution in [0.1, 0.15) is 10.4 Å². The molecule has 1 aromatic heterocycles. The number of nitrogens with zero attached hydrogens (tertiary/aromatic N) is 1. The number of rotatable bonds is 5. The summed E-state index contributed by atoms with van der Waals surface area (Å²) in [4.78, 5) is 11.3. The number of nitrogens with one attached hydrogen (secondary N) is 2. The van der Waals surface area contributed by atoms with Crippen LogP contribution in [-0.2, 0) is 10.0 Å². The molecule has 9 heteroatoms. The number of carboxylic acid groups (broad SMARTS) is 1. The highest BCUT2D eigenvalue weighted by atomic mass is 35.5. The zero-order chi connectivity index (χ0) is 18.0. The fourth-order valence-electron chi connectivity index (χ4n) is 2.22. The van der Waals surface area contributed by atoms with Gasteiger partial charge in [-0.05, 0) is 42.0 Å². The lowest BCUT2D eigenvalue weighted by molar-refractivity contribution is 0.0698. The number of aromatic amines is 1. The fourth-order valence-corrected chi connectivity index (χ4v) is 3.47. The summed E-state index contributed by atoms with van der Waals surface area (Å²) in [6, 6.07) is 11.8. The minimum absolute atomic E-state index is 0.00190. The van der Waals surface area contributed by atoms with Crippen LogP contribution in [0.25, 0.3) is 11.3 Å². The molecule has 0 amide bonds. The van der Waals surface area contributed by atoms with Crippen LogP contribution in [0.5, 0.6) is 0 Å². The number of sulfonamides is 1. The summed E-state index contributed by atoms with van der Waals surface area (Å²) in [5, 5.41) is 16.0. The predicted molar refractivity (Wildman–Crippen MR) is 93.2 cm³/mol. The molecule has 0 radical (unpaired) electrons. The predicted octanol–water partition coefficient (Wildman–Crippen LogP) is 3.23. The van der Waals surface area contributed by atoms with E-state index in [0.717, 1.165) is 11.3 Å². The lowest BCUT2D eigenvalue weighted by atomic mass is 10.2. The van der Waals surface area contributed by atoms with Crippen molar-refractivity contribution in [2.24, 2.45) is 0 Å². The third-order valence-electron chi connectivity index (χ3n) is 3.43. The SMILES string of the molecule is O=C(O)c1cc(Cl)ccc1NS(=O)(=O)c1ccc(-c2ccn[nH]2)cc1. The van der Waals surface area contributed by atoms with Crippen LogP contribution in [0, 0.1) is 0 Å². The van der Waals surface area contributed by atoms with Crippen LogP contribution < -0.4 is 4.72 Å². The molecule has 128 valence electrons. The first kappa shape index (κ1) is 17.0. The molecule has 0 aliphatic heterocycles. The monoisotopic (exact) mass is 377 g/mol. The molecule has 7 nitrogen and oxygen atoms in total. The minimum Gasteiger partial charge on any atom is -0.478 e. The average molecular weight is 378 g/mol. The maximum absolute atomic E-state index is 12.5. The number of aromatic carboxylic acids is 1. The van der Waals surface area contributed by atoms with Gasteiger partial charge in [-0.15, -0.1) is 0 Å². The van der Waals surface area contributed by atoms with E-state index in [4.69, 9.17) is 11.6 Å². The summed E-state index contributed by atoms with van der Waals surface area (Å²) in [6.45, 7) is 0. The van der Waals surface area contributed by atoms with E-state index in [2.05, 4.69) is 14.9 Å².